The maximum absolute atomic E-state index is 4.49. The van der Waals surface area contributed by atoms with Gasteiger partial charge in [-0.1, -0.05) is 25.1 Å². The number of nitrogens with one attached hydrogen (secondary N) is 1. The highest BCUT2D eigenvalue weighted by Crippen LogP contribution is 2.17. The Balaban J connectivity index is 1.82. The average Bonchev–Trinajstić information content (AvgIpc) is 3.07. The van der Waals surface area contributed by atoms with Crippen molar-refractivity contribution in [2.45, 2.75) is 19.9 Å². The van der Waals surface area contributed by atoms with Crippen LogP contribution in [-0.2, 0) is 20.0 Å². The molecule has 0 bridgehead atoms. The molecule has 0 aliphatic heterocycles. The van der Waals surface area contributed by atoms with Crippen LogP contribution in [0, 0.1) is 0 Å². The average molecular weight is 281 g/mol. The quantitative estimate of drug-likeness (QED) is 0.782. The van der Waals surface area contributed by atoms with Crippen molar-refractivity contribution in [3.8, 4) is 0 Å². The Morgan fingerprint density at radius 3 is 2.76 bits per heavy atom. The second-order valence-corrected chi connectivity index (χ2v) is 5.00. The van der Waals surface area contributed by atoms with Crippen molar-refractivity contribution in [2.24, 2.45) is 7.05 Å². The Labute approximate surface area is 124 Å². The second-order valence-electron chi connectivity index (χ2n) is 5.00. The number of benzene rings is 1. The minimum absolute atomic E-state index is 0.770. The lowest BCUT2D eigenvalue weighted by molar-refractivity contribution is 0.746. The van der Waals surface area contributed by atoms with Gasteiger partial charge in [-0.25, -0.2) is 4.98 Å². The number of rotatable bonds is 5. The summed E-state index contributed by atoms with van der Waals surface area (Å²) in [5.74, 6) is 0.840. The zero-order valence-electron chi connectivity index (χ0n) is 12.3. The molecule has 2 aromatic heterocycles. The molecule has 0 amide bonds. The molecule has 2 heterocycles. The van der Waals surface area contributed by atoms with Crippen LogP contribution in [0.1, 0.15) is 18.2 Å². The number of hydrogen-bond donors (Lipinski definition) is 1. The van der Waals surface area contributed by atoms with E-state index in [2.05, 4.69) is 33.1 Å². The molecule has 0 fully saturated rings. The molecule has 0 saturated heterocycles. The first-order valence-electron chi connectivity index (χ1n) is 7.11. The zero-order chi connectivity index (χ0) is 14.7. The lowest BCUT2D eigenvalue weighted by atomic mass is 10.2. The van der Waals surface area contributed by atoms with Crippen LogP contribution < -0.4 is 5.32 Å². The van der Waals surface area contributed by atoms with Crippen LogP contribution in [0.2, 0.25) is 0 Å². The molecule has 5 nitrogen and oxygen atoms in total. The summed E-state index contributed by atoms with van der Waals surface area (Å²) in [6.07, 6.45) is 6.81. The number of aryl methyl sites for hydroxylation is 2. The van der Waals surface area contributed by atoms with E-state index in [1.165, 1.54) is 5.56 Å². The van der Waals surface area contributed by atoms with Crippen molar-refractivity contribution in [3.05, 3.63) is 60.2 Å². The predicted octanol–water partition coefficient (Wildman–Crippen LogP) is 2.97. The minimum atomic E-state index is 0.770. The largest absolute Gasteiger partial charge is 0.326 e. The standard InChI is InChI=1S/C16H19N5/c1-3-15-13(11-20(2)19-15)12-21-10-9-17-16(21)18-14-7-5-4-6-8-14/h4-11H,3,12H2,1-2H3,(H,17,18). The molecule has 0 aliphatic carbocycles. The Morgan fingerprint density at radius 2 is 2.00 bits per heavy atom. The molecular formula is C16H19N5. The fourth-order valence-electron chi connectivity index (χ4n) is 2.41. The van der Waals surface area contributed by atoms with Gasteiger partial charge in [-0.3, -0.25) is 4.68 Å². The number of hydrogen-bond acceptors (Lipinski definition) is 3. The molecule has 5 heteroatoms. The molecule has 0 spiro atoms. The molecule has 0 saturated carbocycles. The maximum atomic E-state index is 4.49. The normalized spacial score (nSPS) is 10.8. The van der Waals surface area contributed by atoms with Crippen LogP contribution in [0.15, 0.2) is 48.9 Å². The van der Waals surface area contributed by atoms with Crippen molar-refractivity contribution >= 4 is 11.6 Å². The van der Waals surface area contributed by atoms with Gasteiger partial charge in [0.15, 0.2) is 0 Å². The fourth-order valence-corrected chi connectivity index (χ4v) is 2.41. The Hall–Kier alpha value is -2.56. The molecule has 21 heavy (non-hydrogen) atoms. The molecule has 0 radical (unpaired) electrons. The van der Waals surface area contributed by atoms with E-state index in [0.29, 0.717) is 0 Å². The van der Waals surface area contributed by atoms with Crippen LogP contribution in [0.3, 0.4) is 0 Å². The SMILES string of the molecule is CCc1nn(C)cc1Cn1ccnc1Nc1ccccc1. The van der Waals surface area contributed by atoms with E-state index in [1.807, 2.05) is 54.5 Å². The Bertz CT molecular complexity index is 711. The van der Waals surface area contributed by atoms with Crippen molar-refractivity contribution in [2.75, 3.05) is 5.32 Å². The van der Waals surface area contributed by atoms with Crippen LogP contribution in [-0.4, -0.2) is 19.3 Å². The summed E-state index contributed by atoms with van der Waals surface area (Å²) in [7, 11) is 1.96. The number of anilines is 2. The third-order valence-corrected chi connectivity index (χ3v) is 3.41. The fraction of sp³-hybridized carbons (Fsp3) is 0.250. The first kappa shape index (κ1) is 13.4. The van der Waals surface area contributed by atoms with Crippen molar-refractivity contribution < 1.29 is 0 Å². The summed E-state index contributed by atoms with van der Waals surface area (Å²) in [5.41, 5.74) is 3.40. The van der Waals surface area contributed by atoms with Crippen LogP contribution in [0.5, 0.6) is 0 Å². The summed E-state index contributed by atoms with van der Waals surface area (Å²) >= 11 is 0. The first-order valence-corrected chi connectivity index (χ1v) is 7.11. The topological polar surface area (TPSA) is 47.7 Å². The summed E-state index contributed by atoms with van der Waals surface area (Å²) in [4.78, 5) is 4.39. The van der Waals surface area contributed by atoms with E-state index in [4.69, 9.17) is 0 Å². The van der Waals surface area contributed by atoms with Crippen LogP contribution in [0.25, 0.3) is 0 Å². The van der Waals surface area contributed by atoms with Gasteiger partial charge in [-0.2, -0.15) is 5.10 Å². The monoisotopic (exact) mass is 281 g/mol. The van der Waals surface area contributed by atoms with Gasteiger partial charge in [0.25, 0.3) is 0 Å². The first-order chi connectivity index (χ1) is 10.3. The Kier molecular flexibility index (Phi) is 3.73. The maximum Gasteiger partial charge on any atom is 0.207 e. The van der Waals surface area contributed by atoms with Gasteiger partial charge in [-0.05, 0) is 18.6 Å². The number of aromatic nitrogens is 4. The summed E-state index contributed by atoms with van der Waals surface area (Å²) in [5, 5.41) is 7.83. The molecule has 1 N–H and O–H groups in total. The Morgan fingerprint density at radius 1 is 1.19 bits per heavy atom. The van der Waals surface area contributed by atoms with E-state index in [1.54, 1.807) is 0 Å². The lowest BCUT2D eigenvalue weighted by Crippen LogP contribution is -2.05. The van der Waals surface area contributed by atoms with Gasteiger partial charge < -0.3 is 9.88 Å². The zero-order valence-corrected chi connectivity index (χ0v) is 12.3. The number of para-hydroxylation sites is 1. The third-order valence-electron chi connectivity index (χ3n) is 3.41. The number of imidazole rings is 1. The number of nitrogens with zero attached hydrogens (tertiary/aromatic N) is 4. The molecule has 3 aromatic rings. The van der Waals surface area contributed by atoms with Crippen molar-refractivity contribution in [1.29, 1.82) is 0 Å². The molecule has 0 unspecified atom stereocenters. The predicted molar refractivity (Wildman–Crippen MR) is 83.6 cm³/mol. The van der Waals surface area contributed by atoms with Gasteiger partial charge in [0, 0.05) is 36.9 Å². The molecular weight excluding hydrogens is 262 g/mol. The van der Waals surface area contributed by atoms with Crippen molar-refractivity contribution in [1.82, 2.24) is 19.3 Å². The van der Waals surface area contributed by atoms with E-state index in [0.717, 1.165) is 30.3 Å². The van der Waals surface area contributed by atoms with Gasteiger partial charge >= 0.3 is 0 Å². The van der Waals surface area contributed by atoms with E-state index < -0.39 is 0 Å². The third kappa shape index (κ3) is 2.97. The van der Waals surface area contributed by atoms with Crippen LogP contribution in [0.4, 0.5) is 11.6 Å². The minimum Gasteiger partial charge on any atom is -0.326 e. The summed E-state index contributed by atoms with van der Waals surface area (Å²) in [6, 6.07) is 10.1. The highest BCUT2D eigenvalue weighted by atomic mass is 15.3. The molecule has 0 aliphatic rings. The van der Waals surface area contributed by atoms with E-state index >= 15 is 0 Å². The highest BCUT2D eigenvalue weighted by Gasteiger charge is 2.09. The van der Waals surface area contributed by atoms with Gasteiger partial charge in [0.2, 0.25) is 5.95 Å². The summed E-state index contributed by atoms with van der Waals surface area (Å²) < 4.78 is 3.97. The van der Waals surface area contributed by atoms with Crippen molar-refractivity contribution in [3.63, 3.8) is 0 Å². The van der Waals surface area contributed by atoms with Crippen LogP contribution >= 0.6 is 0 Å². The van der Waals surface area contributed by atoms with E-state index in [9.17, 15) is 0 Å². The molecule has 0 atom stereocenters. The molecule has 108 valence electrons. The lowest BCUT2D eigenvalue weighted by Gasteiger charge is -2.09. The smallest absolute Gasteiger partial charge is 0.207 e. The van der Waals surface area contributed by atoms with Gasteiger partial charge in [-0.15, -0.1) is 0 Å². The molecule has 1 aromatic carbocycles. The molecule has 3 rings (SSSR count). The van der Waals surface area contributed by atoms with Gasteiger partial charge in [0.1, 0.15) is 0 Å². The van der Waals surface area contributed by atoms with E-state index in [-0.39, 0.29) is 0 Å². The summed E-state index contributed by atoms with van der Waals surface area (Å²) in [6.45, 7) is 2.90. The second kappa shape index (κ2) is 5.83. The van der Waals surface area contributed by atoms with Gasteiger partial charge in [0.05, 0.1) is 12.2 Å². The highest BCUT2D eigenvalue weighted by molar-refractivity contribution is 5.53.